The summed E-state index contributed by atoms with van der Waals surface area (Å²) in [6.07, 6.45) is 6.04. The second-order valence-electron chi connectivity index (χ2n) is 5.02. The van der Waals surface area contributed by atoms with Gasteiger partial charge in [0.25, 0.3) is 0 Å². The predicted molar refractivity (Wildman–Crippen MR) is 77.4 cm³/mol. The van der Waals surface area contributed by atoms with Gasteiger partial charge in [-0.05, 0) is 37.4 Å². The van der Waals surface area contributed by atoms with Gasteiger partial charge in [0.05, 0.1) is 0 Å². The van der Waals surface area contributed by atoms with Gasteiger partial charge in [0, 0.05) is 31.0 Å². The predicted octanol–water partition coefficient (Wildman–Crippen LogP) is 2.73. The fourth-order valence-electron chi connectivity index (χ4n) is 2.65. The Kier molecular flexibility index (Phi) is 5.76. The maximum absolute atomic E-state index is 6.03. The summed E-state index contributed by atoms with van der Waals surface area (Å²) < 4.78 is 0. The molecule has 0 saturated carbocycles. The third-order valence-corrected chi connectivity index (χ3v) is 4.05. The van der Waals surface area contributed by atoms with Gasteiger partial charge in [0.1, 0.15) is 0 Å². The van der Waals surface area contributed by atoms with Crippen molar-refractivity contribution < 1.29 is 0 Å². The minimum absolute atomic E-state index is 0.124. The van der Waals surface area contributed by atoms with Crippen molar-refractivity contribution >= 4 is 0 Å². The molecule has 0 bridgehead atoms. The smallest absolute Gasteiger partial charge is 0.0329 e. The van der Waals surface area contributed by atoms with Crippen LogP contribution in [0.25, 0.3) is 0 Å². The Morgan fingerprint density at radius 2 is 1.89 bits per heavy atom. The highest BCUT2D eigenvalue weighted by atomic mass is 15.2. The third-order valence-electron chi connectivity index (χ3n) is 4.05. The van der Waals surface area contributed by atoms with Crippen LogP contribution in [0.4, 0.5) is 0 Å². The summed E-state index contributed by atoms with van der Waals surface area (Å²) in [7, 11) is 0. The lowest BCUT2D eigenvalue weighted by Crippen LogP contribution is -2.52. The normalized spacial score (nSPS) is 12.1. The van der Waals surface area contributed by atoms with Gasteiger partial charge in [-0.1, -0.05) is 26.8 Å². The number of likely N-dealkylation sites (N-methyl/N-ethyl adjacent to an activating group) is 1. The number of hydrogen-bond donors (Lipinski definition) is 1. The Bertz CT molecular complexity index is 350. The third kappa shape index (κ3) is 3.30. The highest BCUT2D eigenvalue weighted by molar-refractivity contribution is 5.17. The van der Waals surface area contributed by atoms with Gasteiger partial charge in [-0.2, -0.15) is 0 Å². The Balaban J connectivity index is 2.90. The van der Waals surface area contributed by atoms with Crippen LogP contribution in [-0.2, 0) is 6.54 Å². The fourth-order valence-corrected chi connectivity index (χ4v) is 2.65. The highest BCUT2D eigenvalue weighted by Crippen LogP contribution is 2.24. The molecule has 3 nitrogen and oxygen atoms in total. The molecule has 0 saturated heterocycles. The quantitative estimate of drug-likeness (QED) is 0.808. The van der Waals surface area contributed by atoms with Crippen LogP contribution in [0.15, 0.2) is 18.5 Å². The van der Waals surface area contributed by atoms with Gasteiger partial charge < -0.3 is 5.73 Å². The molecule has 3 heteroatoms. The van der Waals surface area contributed by atoms with Crippen molar-refractivity contribution in [2.45, 2.75) is 52.6 Å². The number of rotatable bonds is 7. The van der Waals surface area contributed by atoms with Crippen molar-refractivity contribution in [1.29, 1.82) is 0 Å². The molecular weight excluding hydrogens is 222 g/mol. The van der Waals surface area contributed by atoms with E-state index in [-0.39, 0.29) is 5.54 Å². The van der Waals surface area contributed by atoms with Crippen molar-refractivity contribution in [2.24, 2.45) is 5.73 Å². The van der Waals surface area contributed by atoms with Crippen molar-refractivity contribution in [3.63, 3.8) is 0 Å². The molecule has 0 radical (unpaired) electrons. The first-order chi connectivity index (χ1) is 8.61. The van der Waals surface area contributed by atoms with Crippen LogP contribution in [0, 0.1) is 6.92 Å². The van der Waals surface area contributed by atoms with Crippen LogP contribution < -0.4 is 5.73 Å². The van der Waals surface area contributed by atoms with E-state index < -0.39 is 0 Å². The summed E-state index contributed by atoms with van der Waals surface area (Å²) in [4.78, 5) is 6.76. The number of pyridine rings is 1. The molecule has 0 unspecified atom stereocenters. The summed E-state index contributed by atoms with van der Waals surface area (Å²) in [5.74, 6) is 0. The molecule has 0 aliphatic heterocycles. The van der Waals surface area contributed by atoms with Crippen molar-refractivity contribution in [3.8, 4) is 0 Å². The van der Waals surface area contributed by atoms with Gasteiger partial charge in [-0.15, -0.1) is 0 Å². The van der Waals surface area contributed by atoms with Crippen LogP contribution in [0.3, 0.4) is 0 Å². The summed E-state index contributed by atoms with van der Waals surface area (Å²) >= 11 is 0. The number of nitrogens with zero attached hydrogens (tertiary/aromatic N) is 2. The Morgan fingerprint density at radius 3 is 2.33 bits per heavy atom. The van der Waals surface area contributed by atoms with E-state index in [1.807, 2.05) is 12.4 Å². The van der Waals surface area contributed by atoms with Crippen LogP contribution >= 0.6 is 0 Å². The van der Waals surface area contributed by atoms with E-state index >= 15 is 0 Å². The topological polar surface area (TPSA) is 42.2 Å². The minimum atomic E-state index is 0.124. The summed E-state index contributed by atoms with van der Waals surface area (Å²) in [6, 6.07) is 2.21. The molecule has 1 heterocycles. The van der Waals surface area contributed by atoms with E-state index in [1.54, 1.807) is 0 Å². The van der Waals surface area contributed by atoms with Crippen LogP contribution in [-0.4, -0.2) is 28.5 Å². The van der Waals surface area contributed by atoms with Gasteiger partial charge >= 0.3 is 0 Å². The molecule has 0 atom stereocenters. The Labute approximate surface area is 111 Å². The second kappa shape index (κ2) is 6.86. The van der Waals surface area contributed by atoms with Crippen molar-refractivity contribution in [1.82, 2.24) is 9.88 Å². The number of nitrogens with two attached hydrogens (primary N) is 1. The Morgan fingerprint density at radius 1 is 1.22 bits per heavy atom. The summed E-state index contributed by atoms with van der Waals surface area (Å²) in [5.41, 5.74) is 8.65. The zero-order chi connectivity index (χ0) is 13.6. The molecule has 0 aliphatic rings. The average Bonchev–Trinajstić information content (AvgIpc) is 2.40. The maximum Gasteiger partial charge on any atom is 0.0329 e. The number of aryl methyl sites for hydroxylation is 1. The largest absolute Gasteiger partial charge is 0.329 e. The van der Waals surface area contributed by atoms with E-state index in [0.717, 1.165) is 25.9 Å². The number of hydrogen-bond acceptors (Lipinski definition) is 3. The molecule has 102 valence electrons. The first-order valence-corrected chi connectivity index (χ1v) is 6.97. The molecule has 1 rings (SSSR count). The maximum atomic E-state index is 6.03. The van der Waals surface area contributed by atoms with Gasteiger partial charge in [-0.3, -0.25) is 9.88 Å². The molecule has 0 aliphatic carbocycles. The summed E-state index contributed by atoms with van der Waals surface area (Å²) in [5, 5.41) is 0. The molecule has 2 N–H and O–H groups in total. The van der Waals surface area contributed by atoms with Gasteiger partial charge in [0.15, 0.2) is 0 Å². The fraction of sp³-hybridized carbons (Fsp3) is 0.667. The van der Waals surface area contributed by atoms with E-state index in [9.17, 15) is 0 Å². The standard InChI is InChI=1S/C15H27N3/c1-5-15(6-2,12-16)18(7-3)11-14-8-13(4)9-17-10-14/h8-10H,5-7,11-12,16H2,1-4H3. The average molecular weight is 249 g/mol. The molecule has 0 spiro atoms. The lowest BCUT2D eigenvalue weighted by atomic mass is 9.90. The van der Waals surface area contributed by atoms with Crippen molar-refractivity contribution in [3.05, 3.63) is 29.6 Å². The Hall–Kier alpha value is -0.930. The SMILES string of the molecule is CCN(Cc1cncc(C)c1)C(CC)(CC)CN. The molecule has 0 aromatic carbocycles. The van der Waals surface area contributed by atoms with Gasteiger partial charge in [-0.25, -0.2) is 0 Å². The molecule has 1 aromatic heterocycles. The molecule has 1 aromatic rings. The zero-order valence-corrected chi connectivity index (χ0v) is 12.2. The van der Waals surface area contributed by atoms with E-state index in [4.69, 9.17) is 5.73 Å². The van der Waals surface area contributed by atoms with Crippen molar-refractivity contribution in [2.75, 3.05) is 13.1 Å². The second-order valence-corrected chi connectivity index (χ2v) is 5.02. The molecule has 0 fully saturated rings. The van der Waals surface area contributed by atoms with E-state index in [1.165, 1.54) is 11.1 Å². The van der Waals surface area contributed by atoms with Gasteiger partial charge in [0.2, 0.25) is 0 Å². The first-order valence-electron chi connectivity index (χ1n) is 6.97. The van der Waals surface area contributed by atoms with Crippen LogP contribution in [0.1, 0.15) is 44.7 Å². The number of aromatic nitrogens is 1. The van der Waals surface area contributed by atoms with E-state index in [0.29, 0.717) is 6.54 Å². The first kappa shape index (κ1) is 15.1. The highest BCUT2D eigenvalue weighted by Gasteiger charge is 2.30. The summed E-state index contributed by atoms with van der Waals surface area (Å²) in [6.45, 7) is 11.4. The molecule has 0 amide bonds. The lowest BCUT2D eigenvalue weighted by molar-refractivity contribution is 0.0827. The van der Waals surface area contributed by atoms with Crippen LogP contribution in [0.2, 0.25) is 0 Å². The minimum Gasteiger partial charge on any atom is -0.329 e. The monoisotopic (exact) mass is 249 g/mol. The zero-order valence-electron chi connectivity index (χ0n) is 12.2. The molecule has 18 heavy (non-hydrogen) atoms. The van der Waals surface area contributed by atoms with E-state index in [2.05, 4.69) is 43.6 Å². The lowest BCUT2D eigenvalue weighted by Gasteiger charge is -2.42. The molecular formula is C15H27N3. The van der Waals surface area contributed by atoms with Crippen LogP contribution in [0.5, 0.6) is 0 Å².